The number of ether oxygens (including phenoxy) is 1. The minimum Gasteiger partial charge on any atom is -0.396 e. The van der Waals surface area contributed by atoms with Crippen LogP contribution in [-0.4, -0.2) is 29.7 Å². The summed E-state index contributed by atoms with van der Waals surface area (Å²) >= 11 is 0. The van der Waals surface area contributed by atoms with Crippen molar-refractivity contribution in [2.24, 2.45) is 40.4 Å². The number of hydrogen-bond acceptors (Lipinski definition) is 3. The molecule has 0 aromatic carbocycles. The molecule has 5 aliphatic rings. The number of ketones is 1. The van der Waals surface area contributed by atoms with Gasteiger partial charge in [-0.25, -0.2) is 0 Å². The second-order valence-electron chi connectivity index (χ2n) is 10.2. The normalized spacial score (nSPS) is 54.7. The summed E-state index contributed by atoms with van der Waals surface area (Å²) in [4.78, 5) is 12.0. The maximum absolute atomic E-state index is 12.0. The molecule has 1 N–H and O–H groups in total. The van der Waals surface area contributed by atoms with Gasteiger partial charge in [0.1, 0.15) is 6.10 Å². The molecule has 0 amide bonds. The van der Waals surface area contributed by atoms with Gasteiger partial charge in [0.2, 0.25) is 0 Å². The van der Waals surface area contributed by atoms with E-state index in [1.807, 2.05) is 6.08 Å². The molecule has 25 heavy (non-hydrogen) atoms. The fourth-order valence-corrected chi connectivity index (χ4v) is 7.91. The molecule has 0 aromatic rings. The topological polar surface area (TPSA) is 49.8 Å². The molecule has 3 nitrogen and oxygen atoms in total. The summed E-state index contributed by atoms with van der Waals surface area (Å²) in [6.07, 6.45) is 9.38. The van der Waals surface area contributed by atoms with Gasteiger partial charge in [-0.15, -0.1) is 0 Å². The Balaban J connectivity index is 1.51. The second-order valence-corrected chi connectivity index (χ2v) is 10.2. The summed E-state index contributed by atoms with van der Waals surface area (Å²) in [6, 6.07) is 0. The Morgan fingerprint density at radius 3 is 2.80 bits per heavy atom. The Bertz CT molecular complexity index is 639. The van der Waals surface area contributed by atoms with Crippen molar-refractivity contribution in [3.05, 3.63) is 11.6 Å². The van der Waals surface area contributed by atoms with Crippen molar-refractivity contribution < 1.29 is 14.6 Å². The van der Waals surface area contributed by atoms with Gasteiger partial charge < -0.3 is 9.84 Å². The van der Waals surface area contributed by atoms with Crippen LogP contribution < -0.4 is 0 Å². The van der Waals surface area contributed by atoms with E-state index in [4.69, 9.17) is 4.74 Å². The number of carbonyl (C=O) groups is 1. The van der Waals surface area contributed by atoms with Crippen molar-refractivity contribution in [2.75, 3.05) is 6.61 Å². The Morgan fingerprint density at radius 1 is 1.24 bits per heavy atom. The lowest BCUT2D eigenvalue weighted by atomic mass is 9.46. The zero-order chi connectivity index (χ0) is 17.6. The van der Waals surface area contributed by atoms with E-state index in [1.54, 1.807) is 0 Å². The van der Waals surface area contributed by atoms with Crippen molar-refractivity contribution in [2.45, 2.75) is 71.5 Å². The molecule has 0 aromatic heterocycles. The lowest BCUT2D eigenvalue weighted by molar-refractivity contribution is -0.117. The summed E-state index contributed by atoms with van der Waals surface area (Å²) < 4.78 is 6.24. The molecule has 0 radical (unpaired) electrons. The predicted octanol–water partition coefficient (Wildman–Crippen LogP) is 3.75. The third-order valence-corrected chi connectivity index (χ3v) is 9.28. The van der Waals surface area contributed by atoms with E-state index in [9.17, 15) is 9.90 Å². The highest BCUT2D eigenvalue weighted by Gasteiger charge is 2.69. The summed E-state index contributed by atoms with van der Waals surface area (Å²) in [5, 5.41) is 9.75. The monoisotopic (exact) mass is 344 g/mol. The van der Waals surface area contributed by atoms with E-state index in [0.717, 1.165) is 12.3 Å². The van der Waals surface area contributed by atoms with Crippen LogP contribution in [0.3, 0.4) is 0 Å². The zero-order valence-electron chi connectivity index (χ0n) is 15.8. The van der Waals surface area contributed by atoms with Gasteiger partial charge in [0.25, 0.3) is 0 Å². The maximum atomic E-state index is 12.0. The van der Waals surface area contributed by atoms with Crippen molar-refractivity contribution in [1.29, 1.82) is 0 Å². The first-order chi connectivity index (χ1) is 11.9. The van der Waals surface area contributed by atoms with Crippen molar-refractivity contribution in [1.82, 2.24) is 0 Å². The van der Waals surface area contributed by atoms with Gasteiger partial charge in [-0.05, 0) is 84.2 Å². The second kappa shape index (κ2) is 5.19. The van der Waals surface area contributed by atoms with Crippen LogP contribution in [0.15, 0.2) is 11.6 Å². The summed E-state index contributed by atoms with van der Waals surface area (Å²) in [7, 11) is 0. The van der Waals surface area contributed by atoms with Crippen LogP contribution in [0.4, 0.5) is 0 Å². The fourth-order valence-electron chi connectivity index (χ4n) is 7.91. The third-order valence-electron chi connectivity index (χ3n) is 9.28. The Kier molecular flexibility index (Phi) is 3.43. The van der Waals surface area contributed by atoms with Crippen LogP contribution in [0.2, 0.25) is 0 Å². The highest BCUT2D eigenvalue weighted by Crippen LogP contribution is 2.70. The molecule has 9 atom stereocenters. The number of carbonyl (C=O) groups excluding carboxylic acids is 1. The highest BCUT2D eigenvalue weighted by molar-refractivity contribution is 5.92. The molecule has 4 aliphatic carbocycles. The van der Waals surface area contributed by atoms with Crippen molar-refractivity contribution in [3.63, 3.8) is 0 Å². The standard InChI is InChI=1S/C22H32O3/c1-12(11-23)14-4-5-15-18-16(7-9-21(14,15)2)22(3)8-6-13(24)10-17(22)19-20(18)25-19/h10,12,14-16,18-20,23H,4-9,11H2,1-3H3/t12-,14-,15?,16?,18?,19+,20-,21-,22-/m1/s1. The molecule has 3 saturated carbocycles. The summed E-state index contributed by atoms with van der Waals surface area (Å²) in [5.74, 6) is 3.43. The van der Waals surface area contributed by atoms with Crippen LogP contribution in [0, 0.1) is 40.4 Å². The number of aliphatic hydroxyl groups excluding tert-OH is 1. The van der Waals surface area contributed by atoms with Crippen molar-refractivity contribution >= 4 is 5.78 Å². The van der Waals surface area contributed by atoms with Gasteiger partial charge in [0, 0.05) is 13.0 Å². The molecule has 4 fully saturated rings. The zero-order valence-corrected chi connectivity index (χ0v) is 15.8. The fraction of sp³-hybridized carbons (Fsp3) is 0.864. The highest BCUT2D eigenvalue weighted by atomic mass is 16.6. The molecule has 5 rings (SSSR count). The Morgan fingerprint density at radius 2 is 2.04 bits per heavy atom. The molecule has 0 bridgehead atoms. The molecular weight excluding hydrogens is 312 g/mol. The third kappa shape index (κ3) is 2.03. The number of hydrogen-bond donors (Lipinski definition) is 1. The van der Waals surface area contributed by atoms with Gasteiger partial charge in [0.05, 0.1) is 6.10 Å². The van der Waals surface area contributed by atoms with Crippen LogP contribution in [0.1, 0.15) is 59.3 Å². The average molecular weight is 344 g/mol. The quantitative estimate of drug-likeness (QED) is 0.776. The van der Waals surface area contributed by atoms with Crippen LogP contribution >= 0.6 is 0 Å². The lowest BCUT2D eigenvalue weighted by Gasteiger charge is -2.57. The van der Waals surface area contributed by atoms with Gasteiger partial charge in [-0.3, -0.25) is 4.79 Å². The van der Waals surface area contributed by atoms with Crippen LogP contribution in [0.25, 0.3) is 0 Å². The molecule has 1 aliphatic heterocycles. The lowest BCUT2D eigenvalue weighted by Crippen LogP contribution is -2.53. The molecule has 3 unspecified atom stereocenters. The number of aliphatic hydroxyl groups is 1. The molecular formula is C22H32O3. The minimum atomic E-state index is 0.179. The first-order valence-corrected chi connectivity index (χ1v) is 10.4. The SMILES string of the molecule is C[C@H](CO)[C@H]1CCC2C3C(CC[C@@]21C)[C@@]1(C)CCC(=O)C=C1[C@@H]1O[C@H]31. The van der Waals surface area contributed by atoms with E-state index >= 15 is 0 Å². The van der Waals surface area contributed by atoms with Gasteiger partial charge in [0.15, 0.2) is 5.78 Å². The summed E-state index contributed by atoms with van der Waals surface area (Å²) in [5.41, 5.74) is 1.87. The number of rotatable bonds is 2. The number of epoxide rings is 1. The first-order valence-electron chi connectivity index (χ1n) is 10.4. The smallest absolute Gasteiger partial charge is 0.155 e. The van der Waals surface area contributed by atoms with Crippen LogP contribution in [-0.2, 0) is 9.53 Å². The average Bonchev–Trinajstić information content (AvgIpc) is 3.30. The van der Waals surface area contributed by atoms with E-state index in [0.29, 0.717) is 54.0 Å². The van der Waals surface area contributed by atoms with E-state index in [1.165, 1.54) is 31.3 Å². The molecule has 138 valence electrons. The van der Waals surface area contributed by atoms with E-state index in [-0.39, 0.29) is 11.5 Å². The summed E-state index contributed by atoms with van der Waals surface area (Å²) in [6.45, 7) is 7.48. The van der Waals surface area contributed by atoms with Gasteiger partial charge in [-0.1, -0.05) is 20.8 Å². The Labute approximate surface area is 151 Å². The largest absolute Gasteiger partial charge is 0.396 e. The van der Waals surface area contributed by atoms with Crippen LogP contribution in [0.5, 0.6) is 0 Å². The van der Waals surface area contributed by atoms with E-state index < -0.39 is 0 Å². The van der Waals surface area contributed by atoms with Crippen molar-refractivity contribution in [3.8, 4) is 0 Å². The molecule has 1 heterocycles. The maximum Gasteiger partial charge on any atom is 0.155 e. The van der Waals surface area contributed by atoms with E-state index in [2.05, 4.69) is 20.8 Å². The molecule has 0 spiro atoms. The minimum absolute atomic E-state index is 0.179. The number of fused-ring (bicyclic) bond motifs is 8. The molecule has 3 heteroatoms. The van der Waals surface area contributed by atoms with Gasteiger partial charge in [-0.2, -0.15) is 0 Å². The van der Waals surface area contributed by atoms with Gasteiger partial charge >= 0.3 is 0 Å². The first kappa shape index (κ1) is 16.5. The Hall–Kier alpha value is -0.670. The molecule has 1 saturated heterocycles. The predicted molar refractivity (Wildman–Crippen MR) is 95.9 cm³/mol.